The Morgan fingerprint density at radius 1 is 1.11 bits per heavy atom. The number of fused-ring (bicyclic) bond motifs is 1. The van der Waals surface area contributed by atoms with Crippen molar-refractivity contribution in [1.29, 1.82) is 0 Å². The Hall–Kier alpha value is -2.90. The fraction of sp³-hybridized carbons (Fsp3) is 0.0952. The predicted octanol–water partition coefficient (Wildman–Crippen LogP) is 6.44. The van der Waals surface area contributed by atoms with Gasteiger partial charge in [0.15, 0.2) is 0 Å². The third-order valence-corrected chi connectivity index (χ3v) is 6.18. The van der Waals surface area contributed by atoms with Crippen LogP contribution in [0.1, 0.15) is 11.1 Å². The Morgan fingerprint density at radius 3 is 2.68 bits per heavy atom. The summed E-state index contributed by atoms with van der Waals surface area (Å²) in [7, 11) is 0. The molecule has 28 heavy (non-hydrogen) atoms. The average molecular weight is 408 g/mol. The number of nitro benzene ring substituents is 1. The van der Waals surface area contributed by atoms with Crippen molar-refractivity contribution in [3.63, 3.8) is 0 Å². The van der Waals surface area contributed by atoms with Crippen LogP contribution in [-0.4, -0.2) is 9.91 Å². The van der Waals surface area contributed by atoms with Crippen molar-refractivity contribution in [3.8, 4) is 10.6 Å². The number of aromatic nitrogens is 1. The summed E-state index contributed by atoms with van der Waals surface area (Å²) in [6.45, 7) is 2.08. The molecule has 0 saturated carbocycles. The van der Waals surface area contributed by atoms with Crippen LogP contribution in [0.3, 0.4) is 0 Å². The van der Waals surface area contributed by atoms with Gasteiger partial charge in [-0.25, -0.2) is 4.98 Å². The first-order valence-electron chi connectivity index (χ1n) is 8.68. The molecule has 0 atom stereocenters. The Morgan fingerprint density at radius 2 is 1.89 bits per heavy atom. The first kappa shape index (κ1) is 18.5. The fourth-order valence-electron chi connectivity index (χ4n) is 2.84. The van der Waals surface area contributed by atoms with E-state index in [4.69, 9.17) is 4.98 Å². The molecule has 0 unspecified atom stereocenters. The number of nitro groups is 1. The largest absolute Gasteiger partial charge is 0.329 e. The number of hydrogen-bond acceptors (Lipinski definition) is 6. The number of para-hydroxylation sites is 1. The van der Waals surface area contributed by atoms with Gasteiger partial charge in [0.05, 0.1) is 15.1 Å². The topological polar surface area (TPSA) is 68.1 Å². The van der Waals surface area contributed by atoms with Gasteiger partial charge in [-0.2, -0.15) is 0 Å². The lowest BCUT2D eigenvalue weighted by atomic mass is 10.2. The van der Waals surface area contributed by atoms with E-state index in [-0.39, 0.29) is 10.6 Å². The van der Waals surface area contributed by atoms with Gasteiger partial charge < -0.3 is 4.72 Å². The number of nitrogens with one attached hydrogen (secondary N) is 1. The van der Waals surface area contributed by atoms with E-state index in [0.717, 1.165) is 21.8 Å². The minimum atomic E-state index is -0.343. The standard InChI is InChI=1S/C21H17N3O2S2/c1-14-6-11-18-20(12-14)28-21(22-18)15-7-9-17(10-8-15)23-27-13-16-4-2-3-5-19(16)24(25)26/h2-12,23H,13H2,1H3. The summed E-state index contributed by atoms with van der Waals surface area (Å²) in [5.74, 6) is 0.510. The maximum absolute atomic E-state index is 11.1. The zero-order valence-electron chi connectivity index (χ0n) is 15.1. The average Bonchev–Trinajstić information content (AvgIpc) is 3.12. The molecular formula is C21H17N3O2S2. The first-order chi connectivity index (χ1) is 13.6. The van der Waals surface area contributed by atoms with Crippen molar-refractivity contribution >= 4 is 44.9 Å². The lowest BCUT2D eigenvalue weighted by Gasteiger charge is -2.06. The van der Waals surface area contributed by atoms with E-state index in [0.29, 0.717) is 11.3 Å². The summed E-state index contributed by atoms with van der Waals surface area (Å²) in [6.07, 6.45) is 0. The summed E-state index contributed by atoms with van der Waals surface area (Å²) < 4.78 is 4.44. The molecule has 5 nitrogen and oxygen atoms in total. The predicted molar refractivity (Wildman–Crippen MR) is 118 cm³/mol. The highest BCUT2D eigenvalue weighted by Crippen LogP contribution is 2.32. The molecule has 0 aliphatic heterocycles. The Labute approximate surface area is 170 Å². The van der Waals surface area contributed by atoms with Crippen LogP contribution in [0.15, 0.2) is 66.7 Å². The number of nitrogens with zero attached hydrogens (tertiary/aromatic N) is 2. The molecule has 4 rings (SSSR count). The summed E-state index contributed by atoms with van der Waals surface area (Å²) in [6, 6.07) is 21.2. The number of aryl methyl sites for hydroxylation is 1. The molecule has 3 aromatic carbocycles. The second-order valence-electron chi connectivity index (χ2n) is 6.34. The molecule has 0 fully saturated rings. The van der Waals surface area contributed by atoms with Gasteiger partial charge in [-0.3, -0.25) is 10.1 Å². The molecule has 7 heteroatoms. The minimum absolute atomic E-state index is 0.151. The normalized spacial score (nSPS) is 10.9. The molecule has 0 aliphatic carbocycles. The van der Waals surface area contributed by atoms with Gasteiger partial charge in [0.2, 0.25) is 0 Å². The minimum Gasteiger partial charge on any atom is -0.329 e. The van der Waals surface area contributed by atoms with E-state index in [1.54, 1.807) is 23.5 Å². The number of benzene rings is 3. The van der Waals surface area contributed by atoms with Crippen LogP contribution in [0, 0.1) is 17.0 Å². The SMILES string of the molecule is Cc1ccc2nc(-c3ccc(NSCc4ccccc4[N+](=O)[O-])cc3)sc2c1. The molecule has 1 aromatic heterocycles. The molecule has 0 aliphatic rings. The number of hydrogen-bond donors (Lipinski definition) is 1. The van der Waals surface area contributed by atoms with Crippen molar-refractivity contribution in [2.24, 2.45) is 0 Å². The van der Waals surface area contributed by atoms with Crippen LogP contribution in [-0.2, 0) is 5.75 Å². The van der Waals surface area contributed by atoms with Gasteiger partial charge in [-0.15, -0.1) is 11.3 Å². The number of anilines is 1. The molecule has 0 spiro atoms. The summed E-state index contributed by atoms with van der Waals surface area (Å²) >= 11 is 3.12. The van der Waals surface area contributed by atoms with Gasteiger partial charge in [0.1, 0.15) is 5.01 Å². The van der Waals surface area contributed by atoms with E-state index >= 15 is 0 Å². The van der Waals surface area contributed by atoms with Crippen molar-refractivity contribution < 1.29 is 4.92 Å². The third-order valence-electron chi connectivity index (χ3n) is 4.28. The van der Waals surface area contributed by atoms with E-state index in [1.165, 1.54) is 28.3 Å². The molecule has 0 bridgehead atoms. The second kappa shape index (κ2) is 8.00. The molecule has 0 radical (unpaired) electrons. The molecular weight excluding hydrogens is 390 g/mol. The van der Waals surface area contributed by atoms with Gasteiger partial charge >= 0.3 is 0 Å². The van der Waals surface area contributed by atoms with E-state index in [2.05, 4.69) is 29.8 Å². The molecule has 140 valence electrons. The quantitative estimate of drug-likeness (QED) is 0.226. The Bertz CT molecular complexity index is 1140. The number of rotatable bonds is 6. The third kappa shape index (κ3) is 4.00. The molecule has 1 heterocycles. The highest BCUT2D eigenvalue weighted by atomic mass is 32.2. The van der Waals surface area contributed by atoms with Gasteiger partial charge in [-0.05, 0) is 60.8 Å². The smallest absolute Gasteiger partial charge is 0.273 e. The van der Waals surface area contributed by atoms with Crippen molar-refractivity contribution in [3.05, 3.63) is 88.0 Å². The lowest BCUT2D eigenvalue weighted by molar-refractivity contribution is -0.385. The Kier molecular flexibility index (Phi) is 5.27. The molecule has 0 saturated heterocycles. The highest BCUT2D eigenvalue weighted by Gasteiger charge is 2.12. The van der Waals surface area contributed by atoms with Crippen LogP contribution >= 0.6 is 23.3 Å². The van der Waals surface area contributed by atoms with Crippen molar-refractivity contribution in [1.82, 2.24) is 4.98 Å². The van der Waals surface area contributed by atoms with Crippen LogP contribution in [0.25, 0.3) is 20.8 Å². The molecule has 0 amide bonds. The maximum atomic E-state index is 11.1. The maximum Gasteiger partial charge on any atom is 0.273 e. The Balaban J connectivity index is 1.43. The van der Waals surface area contributed by atoms with Gasteiger partial charge in [0.25, 0.3) is 5.69 Å². The molecule has 4 aromatic rings. The van der Waals surface area contributed by atoms with Crippen molar-refractivity contribution in [2.45, 2.75) is 12.7 Å². The fourth-order valence-corrected chi connectivity index (χ4v) is 4.69. The van der Waals surface area contributed by atoms with Crippen molar-refractivity contribution in [2.75, 3.05) is 4.72 Å². The highest BCUT2D eigenvalue weighted by molar-refractivity contribution is 7.99. The molecule has 1 N–H and O–H groups in total. The second-order valence-corrected chi connectivity index (χ2v) is 8.16. The van der Waals surface area contributed by atoms with E-state index in [1.807, 2.05) is 30.3 Å². The van der Waals surface area contributed by atoms with E-state index in [9.17, 15) is 10.1 Å². The summed E-state index contributed by atoms with van der Waals surface area (Å²) in [5, 5.41) is 12.1. The lowest BCUT2D eigenvalue weighted by Crippen LogP contribution is -1.95. The van der Waals surface area contributed by atoms with E-state index < -0.39 is 0 Å². The zero-order chi connectivity index (χ0) is 19.5. The van der Waals surface area contributed by atoms with Gasteiger partial charge in [0, 0.05) is 28.6 Å². The van der Waals surface area contributed by atoms with Crippen LogP contribution < -0.4 is 4.72 Å². The van der Waals surface area contributed by atoms with Gasteiger partial charge in [-0.1, -0.05) is 24.3 Å². The van der Waals surface area contributed by atoms with Crippen LogP contribution in [0.2, 0.25) is 0 Å². The summed E-state index contributed by atoms with van der Waals surface area (Å²) in [4.78, 5) is 15.4. The van der Waals surface area contributed by atoms with Crippen LogP contribution in [0.4, 0.5) is 11.4 Å². The zero-order valence-corrected chi connectivity index (χ0v) is 16.7. The number of thiazole rings is 1. The monoisotopic (exact) mass is 407 g/mol. The first-order valence-corrected chi connectivity index (χ1v) is 10.5. The van der Waals surface area contributed by atoms with Crippen LogP contribution in [0.5, 0.6) is 0 Å². The summed E-state index contributed by atoms with van der Waals surface area (Å²) in [5.41, 5.74) is 5.13.